The zero-order valence-corrected chi connectivity index (χ0v) is 11.4. The number of hydrogen-bond donors (Lipinski definition) is 2. The summed E-state index contributed by atoms with van der Waals surface area (Å²) in [5, 5.41) is 3.49. The standard InChI is InChI=1S/C15H26N2/c1-12(2)7-4-5-10-17-11-14-8-6-9-15(16)13(14)3/h6,8-9,12,17H,4-5,7,10-11,16H2,1-3H3. The molecule has 0 unspecified atom stereocenters. The van der Waals surface area contributed by atoms with E-state index in [9.17, 15) is 0 Å². The van der Waals surface area contributed by atoms with Crippen LogP contribution in [0.15, 0.2) is 18.2 Å². The highest BCUT2D eigenvalue weighted by Crippen LogP contribution is 2.15. The van der Waals surface area contributed by atoms with Gasteiger partial charge in [-0.2, -0.15) is 0 Å². The normalized spacial score (nSPS) is 11.1. The predicted molar refractivity (Wildman–Crippen MR) is 76.0 cm³/mol. The second-order valence-electron chi connectivity index (χ2n) is 5.20. The van der Waals surface area contributed by atoms with Gasteiger partial charge in [0.25, 0.3) is 0 Å². The van der Waals surface area contributed by atoms with Crippen LogP contribution in [0.3, 0.4) is 0 Å². The number of nitrogen functional groups attached to an aromatic ring is 1. The van der Waals surface area contributed by atoms with E-state index in [4.69, 9.17) is 5.73 Å². The molecular weight excluding hydrogens is 208 g/mol. The first-order valence-electron chi connectivity index (χ1n) is 6.66. The van der Waals surface area contributed by atoms with E-state index in [0.717, 1.165) is 24.7 Å². The fraction of sp³-hybridized carbons (Fsp3) is 0.600. The molecule has 96 valence electrons. The fourth-order valence-electron chi connectivity index (χ4n) is 1.92. The predicted octanol–water partition coefficient (Wildman–Crippen LogP) is 3.49. The van der Waals surface area contributed by atoms with E-state index in [1.807, 2.05) is 12.1 Å². The Morgan fingerprint density at radius 2 is 2.00 bits per heavy atom. The Morgan fingerprint density at radius 1 is 1.24 bits per heavy atom. The summed E-state index contributed by atoms with van der Waals surface area (Å²) >= 11 is 0. The molecule has 2 nitrogen and oxygen atoms in total. The zero-order valence-electron chi connectivity index (χ0n) is 11.4. The van der Waals surface area contributed by atoms with Gasteiger partial charge in [-0.05, 0) is 43.0 Å². The van der Waals surface area contributed by atoms with Crippen LogP contribution in [0.5, 0.6) is 0 Å². The molecule has 0 aliphatic heterocycles. The molecule has 0 saturated carbocycles. The molecule has 17 heavy (non-hydrogen) atoms. The molecule has 0 atom stereocenters. The Morgan fingerprint density at radius 3 is 2.71 bits per heavy atom. The lowest BCUT2D eigenvalue weighted by molar-refractivity contribution is 0.520. The van der Waals surface area contributed by atoms with Crippen LogP contribution in [0.1, 0.15) is 44.2 Å². The van der Waals surface area contributed by atoms with Gasteiger partial charge in [0.15, 0.2) is 0 Å². The van der Waals surface area contributed by atoms with Crippen LogP contribution in [0, 0.1) is 12.8 Å². The summed E-state index contributed by atoms with van der Waals surface area (Å²) in [6.45, 7) is 8.68. The lowest BCUT2D eigenvalue weighted by atomic mass is 10.1. The molecule has 0 aromatic heterocycles. The van der Waals surface area contributed by atoms with Gasteiger partial charge in [-0.3, -0.25) is 0 Å². The van der Waals surface area contributed by atoms with Crippen molar-refractivity contribution in [3.05, 3.63) is 29.3 Å². The molecule has 0 fully saturated rings. The van der Waals surface area contributed by atoms with Crippen molar-refractivity contribution < 1.29 is 0 Å². The van der Waals surface area contributed by atoms with Crippen molar-refractivity contribution in [2.45, 2.75) is 46.6 Å². The van der Waals surface area contributed by atoms with Crippen molar-refractivity contribution in [2.75, 3.05) is 12.3 Å². The van der Waals surface area contributed by atoms with Gasteiger partial charge in [-0.15, -0.1) is 0 Å². The fourth-order valence-corrected chi connectivity index (χ4v) is 1.92. The Labute approximate surface area is 106 Å². The summed E-state index contributed by atoms with van der Waals surface area (Å²) in [5.41, 5.74) is 9.29. The van der Waals surface area contributed by atoms with Gasteiger partial charge in [0.1, 0.15) is 0 Å². The molecule has 2 heteroatoms. The molecule has 1 aromatic carbocycles. The van der Waals surface area contributed by atoms with Crippen molar-refractivity contribution in [3.63, 3.8) is 0 Å². The first-order valence-corrected chi connectivity index (χ1v) is 6.66. The molecule has 0 saturated heterocycles. The highest BCUT2D eigenvalue weighted by molar-refractivity contribution is 5.49. The van der Waals surface area contributed by atoms with Crippen LogP contribution in [0.4, 0.5) is 5.69 Å². The average Bonchev–Trinajstić information content (AvgIpc) is 2.28. The smallest absolute Gasteiger partial charge is 0.0346 e. The number of hydrogen-bond acceptors (Lipinski definition) is 2. The van der Waals surface area contributed by atoms with E-state index in [1.54, 1.807) is 0 Å². The third-order valence-corrected chi connectivity index (χ3v) is 3.19. The minimum absolute atomic E-state index is 0.825. The van der Waals surface area contributed by atoms with Gasteiger partial charge in [0, 0.05) is 12.2 Å². The quantitative estimate of drug-likeness (QED) is 0.560. The molecule has 0 spiro atoms. The number of unbranched alkanes of at least 4 members (excludes halogenated alkanes) is 1. The molecule has 0 amide bonds. The summed E-state index contributed by atoms with van der Waals surface area (Å²) in [7, 11) is 0. The van der Waals surface area contributed by atoms with E-state index >= 15 is 0 Å². The number of rotatable bonds is 7. The van der Waals surface area contributed by atoms with Crippen LogP contribution in [-0.2, 0) is 6.54 Å². The Balaban J connectivity index is 2.20. The van der Waals surface area contributed by atoms with Crippen molar-refractivity contribution in [3.8, 4) is 0 Å². The minimum Gasteiger partial charge on any atom is -0.399 e. The van der Waals surface area contributed by atoms with Crippen LogP contribution >= 0.6 is 0 Å². The first kappa shape index (κ1) is 14.0. The molecule has 0 aliphatic carbocycles. The summed E-state index contributed by atoms with van der Waals surface area (Å²) in [6, 6.07) is 6.13. The van der Waals surface area contributed by atoms with Gasteiger partial charge in [0.05, 0.1) is 0 Å². The maximum Gasteiger partial charge on any atom is 0.0346 e. The second kappa shape index (κ2) is 7.33. The van der Waals surface area contributed by atoms with E-state index in [-0.39, 0.29) is 0 Å². The summed E-state index contributed by atoms with van der Waals surface area (Å²) in [4.78, 5) is 0. The number of benzene rings is 1. The molecular formula is C15H26N2. The van der Waals surface area contributed by atoms with Crippen molar-refractivity contribution in [1.29, 1.82) is 0 Å². The van der Waals surface area contributed by atoms with Gasteiger partial charge in [-0.25, -0.2) is 0 Å². The summed E-state index contributed by atoms with van der Waals surface area (Å²) in [6.07, 6.45) is 3.92. The SMILES string of the molecule is Cc1c(N)cccc1CNCCCCC(C)C. The van der Waals surface area contributed by atoms with Gasteiger partial charge in [0.2, 0.25) is 0 Å². The number of nitrogens with one attached hydrogen (secondary N) is 1. The lowest BCUT2D eigenvalue weighted by Gasteiger charge is -2.10. The minimum atomic E-state index is 0.825. The van der Waals surface area contributed by atoms with E-state index in [2.05, 4.69) is 32.2 Å². The largest absolute Gasteiger partial charge is 0.399 e. The molecule has 1 aromatic rings. The molecule has 3 N–H and O–H groups in total. The molecule has 0 aliphatic rings. The van der Waals surface area contributed by atoms with E-state index < -0.39 is 0 Å². The van der Waals surface area contributed by atoms with Crippen molar-refractivity contribution in [2.24, 2.45) is 5.92 Å². The third kappa shape index (κ3) is 5.22. The zero-order chi connectivity index (χ0) is 12.7. The maximum atomic E-state index is 5.88. The van der Waals surface area contributed by atoms with Crippen molar-refractivity contribution >= 4 is 5.69 Å². The third-order valence-electron chi connectivity index (χ3n) is 3.19. The summed E-state index contributed by atoms with van der Waals surface area (Å²) < 4.78 is 0. The van der Waals surface area contributed by atoms with E-state index in [1.165, 1.54) is 30.4 Å². The highest BCUT2D eigenvalue weighted by atomic mass is 14.8. The number of anilines is 1. The van der Waals surface area contributed by atoms with Crippen molar-refractivity contribution in [1.82, 2.24) is 5.32 Å². The Hall–Kier alpha value is -1.02. The van der Waals surface area contributed by atoms with Crippen LogP contribution in [-0.4, -0.2) is 6.54 Å². The average molecular weight is 234 g/mol. The Kier molecular flexibility index (Phi) is 6.06. The number of nitrogens with two attached hydrogens (primary N) is 1. The van der Waals surface area contributed by atoms with Crippen LogP contribution in [0.25, 0.3) is 0 Å². The van der Waals surface area contributed by atoms with Crippen LogP contribution < -0.4 is 11.1 Å². The molecule has 0 bridgehead atoms. The topological polar surface area (TPSA) is 38.0 Å². The van der Waals surface area contributed by atoms with Gasteiger partial charge in [-0.1, -0.05) is 38.8 Å². The molecule has 0 heterocycles. The second-order valence-corrected chi connectivity index (χ2v) is 5.20. The lowest BCUT2D eigenvalue weighted by Crippen LogP contribution is -2.15. The summed E-state index contributed by atoms with van der Waals surface area (Å²) in [5.74, 6) is 0.825. The van der Waals surface area contributed by atoms with E-state index in [0.29, 0.717) is 0 Å². The first-order chi connectivity index (χ1) is 8.11. The molecule has 0 radical (unpaired) electrons. The van der Waals surface area contributed by atoms with Crippen LogP contribution in [0.2, 0.25) is 0 Å². The molecule has 1 rings (SSSR count). The van der Waals surface area contributed by atoms with Gasteiger partial charge >= 0.3 is 0 Å². The maximum absolute atomic E-state index is 5.88. The Bertz CT molecular complexity index is 332. The van der Waals surface area contributed by atoms with Gasteiger partial charge < -0.3 is 11.1 Å². The highest BCUT2D eigenvalue weighted by Gasteiger charge is 2.00. The monoisotopic (exact) mass is 234 g/mol.